The third-order valence-corrected chi connectivity index (χ3v) is 5.12. The molecule has 3 nitrogen and oxygen atoms in total. The summed E-state index contributed by atoms with van der Waals surface area (Å²) in [6.45, 7) is 1.32. The summed E-state index contributed by atoms with van der Waals surface area (Å²) in [5.74, 6) is 0.0811. The Morgan fingerprint density at radius 2 is 2.26 bits per heavy atom. The van der Waals surface area contributed by atoms with Gasteiger partial charge in [0.1, 0.15) is 0 Å². The van der Waals surface area contributed by atoms with Gasteiger partial charge in [-0.25, -0.2) is 0 Å². The third-order valence-electron chi connectivity index (χ3n) is 3.91. The molecule has 1 amide bonds. The summed E-state index contributed by atoms with van der Waals surface area (Å²) >= 11 is 9.34. The van der Waals surface area contributed by atoms with Crippen LogP contribution in [0.3, 0.4) is 0 Å². The summed E-state index contributed by atoms with van der Waals surface area (Å²) in [7, 11) is 0. The first kappa shape index (κ1) is 13.4. The molecule has 2 unspecified atom stereocenters. The zero-order valence-corrected chi connectivity index (χ0v) is 12.8. The minimum absolute atomic E-state index is 0.0811. The highest BCUT2D eigenvalue weighted by Gasteiger charge is 2.38. The van der Waals surface area contributed by atoms with Gasteiger partial charge in [0.25, 0.3) is 5.91 Å². The molecule has 0 bridgehead atoms. The van der Waals surface area contributed by atoms with E-state index in [1.165, 1.54) is 0 Å². The van der Waals surface area contributed by atoms with Crippen LogP contribution in [0, 0.1) is 0 Å². The summed E-state index contributed by atoms with van der Waals surface area (Å²) < 4.78 is 6.50. The van der Waals surface area contributed by atoms with Crippen molar-refractivity contribution >= 4 is 33.4 Å². The maximum atomic E-state index is 12.6. The molecule has 0 N–H and O–H groups in total. The van der Waals surface area contributed by atoms with E-state index in [4.69, 9.17) is 16.3 Å². The van der Waals surface area contributed by atoms with E-state index in [1.54, 1.807) is 18.2 Å². The lowest BCUT2D eigenvalue weighted by atomic mass is 10.1. The maximum Gasteiger partial charge on any atom is 0.254 e. The molecule has 0 spiro atoms. The smallest absolute Gasteiger partial charge is 0.254 e. The molecule has 2 fully saturated rings. The number of halogens is 2. The lowest BCUT2D eigenvalue weighted by Crippen LogP contribution is -2.51. The lowest BCUT2D eigenvalue weighted by Gasteiger charge is -2.37. The molecule has 0 aromatic heterocycles. The van der Waals surface area contributed by atoms with Crippen molar-refractivity contribution < 1.29 is 9.53 Å². The predicted molar refractivity (Wildman–Crippen MR) is 77.6 cm³/mol. The van der Waals surface area contributed by atoms with Crippen LogP contribution in [-0.4, -0.2) is 36.1 Å². The van der Waals surface area contributed by atoms with Crippen LogP contribution < -0.4 is 0 Å². The van der Waals surface area contributed by atoms with Crippen LogP contribution in [0.15, 0.2) is 22.7 Å². The van der Waals surface area contributed by atoms with Crippen molar-refractivity contribution in [2.45, 2.75) is 31.4 Å². The second-order valence-corrected chi connectivity index (χ2v) is 6.30. The summed E-state index contributed by atoms with van der Waals surface area (Å²) in [6.07, 6.45) is 3.49. The van der Waals surface area contributed by atoms with E-state index >= 15 is 0 Å². The molecule has 1 saturated heterocycles. The molecule has 0 radical (unpaired) electrons. The summed E-state index contributed by atoms with van der Waals surface area (Å²) in [5.41, 5.74) is 0.684. The molecular weight excluding hydrogens is 330 g/mol. The second-order valence-electron chi connectivity index (χ2n) is 5.03. The van der Waals surface area contributed by atoms with Gasteiger partial charge in [0.05, 0.1) is 23.8 Å². The molecule has 102 valence electrons. The SMILES string of the molecule is O=C(c1ccc(Cl)c(Br)c1)N1CCOC2CCCC21. The number of rotatable bonds is 1. The average Bonchev–Trinajstić information content (AvgIpc) is 2.89. The highest BCUT2D eigenvalue weighted by molar-refractivity contribution is 9.10. The number of hydrogen-bond acceptors (Lipinski definition) is 2. The minimum Gasteiger partial charge on any atom is -0.374 e. The highest BCUT2D eigenvalue weighted by atomic mass is 79.9. The Balaban J connectivity index is 1.84. The van der Waals surface area contributed by atoms with Crippen molar-refractivity contribution in [2.24, 2.45) is 0 Å². The molecule has 1 aromatic carbocycles. The Labute approximate surface area is 126 Å². The number of ether oxygens (including phenoxy) is 1. The lowest BCUT2D eigenvalue weighted by molar-refractivity contribution is -0.0445. The van der Waals surface area contributed by atoms with E-state index in [9.17, 15) is 4.79 Å². The van der Waals surface area contributed by atoms with Gasteiger partial charge >= 0.3 is 0 Å². The van der Waals surface area contributed by atoms with Crippen LogP contribution in [0.2, 0.25) is 5.02 Å². The molecule has 2 aliphatic rings. The number of benzene rings is 1. The molecular formula is C14H15BrClNO2. The Kier molecular flexibility index (Phi) is 3.83. The van der Waals surface area contributed by atoms with Crippen molar-refractivity contribution in [2.75, 3.05) is 13.2 Å². The second kappa shape index (κ2) is 5.43. The minimum atomic E-state index is 0.0811. The molecule has 5 heteroatoms. The zero-order valence-electron chi connectivity index (χ0n) is 10.4. The van der Waals surface area contributed by atoms with Gasteiger partial charge in [-0.15, -0.1) is 0 Å². The summed E-state index contributed by atoms with van der Waals surface area (Å²) in [6, 6.07) is 5.58. The molecule has 3 rings (SSSR count). The van der Waals surface area contributed by atoms with Crippen LogP contribution >= 0.6 is 27.5 Å². The number of carbonyl (C=O) groups is 1. The zero-order chi connectivity index (χ0) is 13.4. The Hall–Kier alpha value is -0.580. The summed E-state index contributed by atoms with van der Waals surface area (Å²) in [5, 5.41) is 0.622. The molecule has 1 heterocycles. The predicted octanol–water partition coefficient (Wildman–Crippen LogP) is 3.50. The number of morpholine rings is 1. The van der Waals surface area contributed by atoms with E-state index in [0.29, 0.717) is 23.7 Å². The number of nitrogens with zero attached hydrogens (tertiary/aromatic N) is 1. The average molecular weight is 345 g/mol. The molecule has 1 aliphatic carbocycles. The monoisotopic (exact) mass is 343 g/mol. The van der Waals surface area contributed by atoms with Crippen molar-refractivity contribution in [1.29, 1.82) is 0 Å². The van der Waals surface area contributed by atoms with Crippen LogP contribution in [0.5, 0.6) is 0 Å². The van der Waals surface area contributed by atoms with Gasteiger partial charge in [0.15, 0.2) is 0 Å². The van der Waals surface area contributed by atoms with E-state index in [1.807, 2.05) is 4.90 Å². The maximum absolute atomic E-state index is 12.6. The fourth-order valence-electron chi connectivity index (χ4n) is 2.97. The van der Waals surface area contributed by atoms with E-state index in [2.05, 4.69) is 15.9 Å². The van der Waals surface area contributed by atoms with Gasteiger partial charge in [-0.3, -0.25) is 4.79 Å². The normalized spacial score (nSPS) is 26.3. The standard InChI is InChI=1S/C14H15BrClNO2/c15-10-8-9(4-5-11(10)16)14(18)17-6-7-19-13-3-1-2-12(13)17/h4-5,8,12-13H,1-3,6-7H2. The quantitative estimate of drug-likeness (QED) is 0.780. The molecule has 1 saturated carbocycles. The van der Waals surface area contributed by atoms with Crippen molar-refractivity contribution in [3.8, 4) is 0 Å². The largest absolute Gasteiger partial charge is 0.374 e. The Bertz CT molecular complexity index is 508. The van der Waals surface area contributed by atoms with Crippen LogP contribution in [-0.2, 0) is 4.74 Å². The van der Waals surface area contributed by atoms with Crippen molar-refractivity contribution in [3.05, 3.63) is 33.3 Å². The van der Waals surface area contributed by atoms with E-state index in [0.717, 1.165) is 23.7 Å². The van der Waals surface area contributed by atoms with Gasteiger partial charge in [-0.2, -0.15) is 0 Å². The molecule has 2 atom stereocenters. The number of carbonyl (C=O) groups excluding carboxylic acids is 1. The fourth-order valence-corrected chi connectivity index (χ4v) is 3.47. The first-order chi connectivity index (χ1) is 9.16. The van der Waals surface area contributed by atoms with Gasteiger partial charge in [-0.1, -0.05) is 11.6 Å². The van der Waals surface area contributed by atoms with Crippen LogP contribution in [0.1, 0.15) is 29.6 Å². The molecule has 1 aliphatic heterocycles. The van der Waals surface area contributed by atoms with Crippen molar-refractivity contribution in [3.63, 3.8) is 0 Å². The number of fused-ring (bicyclic) bond motifs is 1. The molecule has 1 aromatic rings. The fraction of sp³-hybridized carbons (Fsp3) is 0.500. The highest BCUT2D eigenvalue weighted by Crippen LogP contribution is 2.31. The van der Waals surface area contributed by atoms with E-state index < -0.39 is 0 Å². The molecule has 19 heavy (non-hydrogen) atoms. The number of amides is 1. The Morgan fingerprint density at radius 1 is 1.42 bits per heavy atom. The van der Waals surface area contributed by atoms with Gasteiger partial charge in [0.2, 0.25) is 0 Å². The van der Waals surface area contributed by atoms with Gasteiger partial charge < -0.3 is 9.64 Å². The van der Waals surface area contributed by atoms with E-state index in [-0.39, 0.29) is 18.1 Å². The first-order valence-electron chi connectivity index (χ1n) is 6.54. The van der Waals surface area contributed by atoms with Gasteiger partial charge in [0, 0.05) is 16.6 Å². The van der Waals surface area contributed by atoms with Crippen molar-refractivity contribution in [1.82, 2.24) is 4.90 Å². The van der Waals surface area contributed by atoms with Crippen LogP contribution in [0.25, 0.3) is 0 Å². The van der Waals surface area contributed by atoms with Crippen LogP contribution in [0.4, 0.5) is 0 Å². The van der Waals surface area contributed by atoms with Gasteiger partial charge in [-0.05, 0) is 53.4 Å². The third kappa shape index (κ3) is 2.54. The topological polar surface area (TPSA) is 29.5 Å². The first-order valence-corrected chi connectivity index (χ1v) is 7.71. The number of hydrogen-bond donors (Lipinski definition) is 0. The summed E-state index contributed by atoms with van der Waals surface area (Å²) in [4.78, 5) is 14.6. The Morgan fingerprint density at radius 3 is 3.05 bits per heavy atom.